The predicted octanol–water partition coefficient (Wildman–Crippen LogP) is 3.02. The number of nitrogens with one attached hydrogen (secondary N) is 2. The fourth-order valence-electron chi connectivity index (χ4n) is 4.30. The number of aliphatic imine (C=N–C) groups is 1. The lowest BCUT2D eigenvalue weighted by atomic mass is 9.79. The highest BCUT2D eigenvalue weighted by Gasteiger charge is 2.35. The second-order valence-corrected chi connectivity index (χ2v) is 7.80. The molecule has 0 aromatic carbocycles. The van der Waals surface area contributed by atoms with Gasteiger partial charge in [0.2, 0.25) is 5.91 Å². The third-order valence-electron chi connectivity index (χ3n) is 5.97. The maximum atomic E-state index is 12.2. The van der Waals surface area contributed by atoms with Gasteiger partial charge in [-0.2, -0.15) is 5.26 Å². The molecule has 2 saturated carbocycles. The summed E-state index contributed by atoms with van der Waals surface area (Å²) in [6.07, 6.45) is 9.91. The molecule has 3 aliphatic rings. The third kappa shape index (κ3) is 4.04. The van der Waals surface area contributed by atoms with Gasteiger partial charge in [0.15, 0.2) is 0 Å². The average molecular weight is 386 g/mol. The minimum Gasteiger partial charge on any atom is -0.400 e. The lowest BCUT2D eigenvalue weighted by molar-refractivity contribution is -0.131. The number of H-pyrrole nitrogens is 1. The summed E-state index contributed by atoms with van der Waals surface area (Å²) in [7, 11) is 0. The van der Waals surface area contributed by atoms with E-state index < -0.39 is 0 Å². The van der Waals surface area contributed by atoms with Gasteiger partial charge in [0.05, 0.1) is 18.1 Å². The van der Waals surface area contributed by atoms with Crippen molar-refractivity contribution in [2.24, 2.45) is 22.6 Å². The highest BCUT2D eigenvalue weighted by molar-refractivity contribution is 5.87. The van der Waals surface area contributed by atoms with E-state index in [2.05, 4.69) is 15.3 Å². The topological polar surface area (TPSA) is 145 Å². The molecule has 8 heteroatoms. The van der Waals surface area contributed by atoms with Crippen LogP contribution in [0, 0.1) is 23.2 Å². The van der Waals surface area contributed by atoms with Crippen LogP contribution >= 0.6 is 0 Å². The molecule has 0 saturated heterocycles. The summed E-state index contributed by atoms with van der Waals surface area (Å²) >= 11 is 0. The minimum atomic E-state index is -0.00515. The van der Waals surface area contributed by atoms with E-state index in [-0.39, 0.29) is 19.9 Å². The van der Waals surface area contributed by atoms with Gasteiger partial charge in [-0.3, -0.25) is 4.79 Å². The maximum absolute atomic E-state index is 12.2. The molecule has 2 heterocycles. The molecule has 7 N–H and O–H groups in total. The Morgan fingerprint density at radius 2 is 2.07 bits per heavy atom. The van der Waals surface area contributed by atoms with E-state index in [1.807, 2.05) is 23.2 Å². The van der Waals surface area contributed by atoms with Gasteiger partial charge in [0, 0.05) is 37.4 Å². The Hall–Kier alpha value is -2.79. The van der Waals surface area contributed by atoms with Crippen molar-refractivity contribution in [3.05, 3.63) is 23.5 Å². The highest BCUT2D eigenvalue weighted by Crippen LogP contribution is 2.37. The Morgan fingerprint density at radius 1 is 1.32 bits per heavy atom. The second-order valence-electron chi connectivity index (χ2n) is 7.80. The Balaban J connectivity index is 0.00000150. The lowest BCUT2D eigenvalue weighted by Gasteiger charge is -2.33. The second kappa shape index (κ2) is 8.48. The number of carbonyl (C=O) groups excluding carboxylic acids is 1. The van der Waals surface area contributed by atoms with Crippen molar-refractivity contribution >= 4 is 23.8 Å². The largest absolute Gasteiger partial charge is 0.400 e. The number of fused-ring (bicyclic) bond motifs is 1. The highest BCUT2D eigenvalue weighted by atomic mass is 16.2. The summed E-state index contributed by atoms with van der Waals surface area (Å²) in [6, 6.07) is 4.37. The molecule has 0 spiro atoms. The standard InChI is InChI=1S/C20H26N6O.H3N.H2/c21-9-7-17(27)26(15-5-6-15)11-13-1-3-14(4-2-13)18(22)19-16-8-10-23-20(16)25-12-24-19;;/h8,10,12-15,23H,1-7,11,22H2,(H,24,25);1H3;1H/b19-18-;;. The van der Waals surface area contributed by atoms with E-state index in [1.165, 1.54) is 0 Å². The first-order valence-corrected chi connectivity index (χ1v) is 9.80. The number of allylic oxidation sites excluding steroid dienone is 1. The number of amides is 1. The number of carbonyl (C=O) groups is 1. The van der Waals surface area contributed by atoms with Crippen LogP contribution in [0.2, 0.25) is 0 Å². The van der Waals surface area contributed by atoms with E-state index in [4.69, 9.17) is 11.0 Å². The summed E-state index contributed by atoms with van der Waals surface area (Å²) in [5.41, 5.74) is 9.43. The van der Waals surface area contributed by atoms with Crippen LogP contribution in [0.5, 0.6) is 0 Å². The van der Waals surface area contributed by atoms with Crippen molar-refractivity contribution in [1.29, 1.82) is 5.26 Å². The van der Waals surface area contributed by atoms with Gasteiger partial charge in [-0.1, -0.05) is 0 Å². The van der Waals surface area contributed by atoms with Crippen molar-refractivity contribution in [3.63, 3.8) is 0 Å². The molecule has 1 aromatic rings. The Kier molecular flexibility index (Phi) is 6.05. The predicted molar refractivity (Wildman–Crippen MR) is 111 cm³/mol. The van der Waals surface area contributed by atoms with Gasteiger partial charge >= 0.3 is 0 Å². The molecule has 28 heavy (non-hydrogen) atoms. The molecule has 1 aliphatic heterocycles. The van der Waals surface area contributed by atoms with Crippen LogP contribution in [0.3, 0.4) is 0 Å². The summed E-state index contributed by atoms with van der Waals surface area (Å²) < 4.78 is 0. The smallest absolute Gasteiger partial charge is 0.237 e. The van der Waals surface area contributed by atoms with Crippen LogP contribution in [-0.2, 0) is 4.79 Å². The van der Waals surface area contributed by atoms with Crippen molar-refractivity contribution in [3.8, 4) is 6.07 Å². The van der Waals surface area contributed by atoms with Crippen LogP contribution in [0.1, 0.15) is 51.9 Å². The number of hydrogen-bond donors (Lipinski definition) is 4. The van der Waals surface area contributed by atoms with Crippen molar-refractivity contribution < 1.29 is 6.22 Å². The van der Waals surface area contributed by atoms with E-state index in [9.17, 15) is 4.79 Å². The van der Waals surface area contributed by atoms with Crippen LogP contribution in [-0.4, -0.2) is 34.7 Å². The number of aromatic amines is 1. The molecule has 2 aliphatic carbocycles. The first kappa shape index (κ1) is 20.0. The molecular formula is C20H31N7O. The van der Waals surface area contributed by atoms with E-state index >= 15 is 0 Å². The van der Waals surface area contributed by atoms with Gasteiger partial charge in [0.1, 0.15) is 12.2 Å². The SMILES string of the molecule is N.N#CCC(=O)N(CC1CCC(/C(N)=C2/NC=Nc3[nH]ccc32)CC1)C1CC1.[HH]. The molecule has 0 bridgehead atoms. The first-order valence-electron chi connectivity index (χ1n) is 9.80. The van der Waals surface area contributed by atoms with Gasteiger partial charge in [-0.05, 0) is 50.5 Å². The Labute approximate surface area is 166 Å². The molecule has 0 radical (unpaired) electrons. The summed E-state index contributed by atoms with van der Waals surface area (Å²) in [5, 5.41) is 12.0. The van der Waals surface area contributed by atoms with Crippen molar-refractivity contribution in [2.45, 2.75) is 51.0 Å². The average Bonchev–Trinajstić information content (AvgIpc) is 3.41. The maximum Gasteiger partial charge on any atom is 0.237 e. The third-order valence-corrected chi connectivity index (χ3v) is 5.97. The van der Waals surface area contributed by atoms with Gasteiger partial charge in [0.25, 0.3) is 0 Å². The summed E-state index contributed by atoms with van der Waals surface area (Å²) in [6.45, 7) is 0.793. The molecule has 2 fully saturated rings. The van der Waals surface area contributed by atoms with Gasteiger partial charge in [-0.25, -0.2) is 4.99 Å². The molecule has 8 nitrogen and oxygen atoms in total. The monoisotopic (exact) mass is 385 g/mol. The van der Waals surface area contributed by atoms with Crippen LogP contribution in [0.15, 0.2) is 23.0 Å². The first-order chi connectivity index (χ1) is 13.2. The van der Waals surface area contributed by atoms with Crippen LogP contribution in [0.25, 0.3) is 5.70 Å². The van der Waals surface area contributed by atoms with E-state index in [1.54, 1.807) is 6.34 Å². The van der Waals surface area contributed by atoms with Crippen molar-refractivity contribution in [1.82, 2.24) is 21.4 Å². The molecule has 1 amide bonds. The summed E-state index contributed by atoms with van der Waals surface area (Å²) in [4.78, 5) is 21.6. The number of aromatic nitrogens is 1. The number of rotatable bonds is 5. The van der Waals surface area contributed by atoms with E-state index in [0.717, 1.165) is 67.8 Å². The van der Waals surface area contributed by atoms with Gasteiger partial charge in [-0.15, -0.1) is 0 Å². The molecule has 152 valence electrons. The quantitative estimate of drug-likeness (QED) is 0.615. The number of nitrogens with zero attached hydrogens (tertiary/aromatic N) is 3. The number of nitrogens with two attached hydrogens (primary N) is 1. The normalized spacial score (nSPS) is 25.0. The Bertz CT molecular complexity index is 813. The molecular weight excluding hydrogens is 354 g/mol. The molecule has 0 atom stereocenters. The minimum absolute atomic E-state index is 0. The summed E-state index contributed by atoms with van der Waals surface area (Å²) in [5.74, 6) is 1.69. The number of nitriles is 1. The number of hydrogen-bond acceptors (Lipinski definition) is 6. The van der Waals surface area contributed by atoms with Crippen molar-refractivity contribution in [2.75, 3.05) is 6.54 Å². The van der Waals surface area contributed by atoms with Gasteiger partial charge < -0.3 is 27.1 Å². The zero-order chi connectivity index (χ0) is 18.8. The zero-order valence-electron chi connectivity index (χ0n) is 16.2. The van der Waals surface area contributed by atoms with Crippen LogP contribution in [0.4, 0.5) is 5.82 Å². The zero-order valence-corrected chi connectivity index (χ0v) is 16.2. The molecule has 4 rings (SSSR count). The molecule has 0 unspecified atom stereocenters. The fourth-order valence-corrected chi connectivity index (χ4v) is 4.30. The molecule has 1 aromatic heterocycles. The fraction of sp³-hybridized carbons (Fsp3) is 0.550. The lowest BCUT2D eigenvalue weighted by Crippen LogP contribution is -2.38. The Morgan fingerprint density at radius 3 is 2.75 bits per heavy atom. The van der Waals surface area contributed by atoms with Crippen LogP contribution < -0.4 is 17.2 Å². The van der Waals surface area contributed by atoms with E-state index in [0.29, 0.717) is 17.9 Å².